The summed E-state index contributed by atoms with van der Waals surface area (Å²) in [5.41, 5.74) is 9.14. The van der Waals surface area contributed by atoms with Crippen molar-refractivity contribution in [1.82, 2.24) is 4.57 Å². The molecule has 0 aliphatic rings. The van der Waals surface area contributed by atoms with Crippen molar-refractivity contribution >= 4 is 28.5 Å². The van der Waals surface area contributed by atoms with Crippen LogP contribution in [0.25, 0.3) is 10.9 Å². The minimum absolute atomic E-state index is 0.314. The van der Waals surface area contributed by atoms with E-state index in [0.717, 1.165) is 27.9 Å². The Balaban J connectivity index is 1.91. The van der Waals surface area contributed by atoms with Gasteiger partial charge in [-0.3, -0.25) is 4.79 Å². The second-order valence-corrected chi connectivity index (χ2v) is 6.74. The number of para-hydroxylation sites is 1. The summed E-state index contributed by atoms with van der Waals surface area (Å²) in [6.45, 7) is 2.44. The Labute approximate surface area is 163 Å². The molecule has 1 unspecified atom stereocenters. The van der Waals surface area contributed by atoms with E-state index >= 15 is 0 Å². The standard InChI is InChI=1S/C21H23ClN2O3/c1-3-26-21(25)18(23)12-17-16-6-4-5-7-19(16)24(2)20(17)13-27-15-10-8-14(22)9-11-15/h4-11,18H,3,12-13,23H2,1-2H3. The number of nitrogens with zero attached hydrogens (tertiary/aromatic N) is 1. The molecule has 3 rings (SSSR count). The van der Waals surface area contributed by atoms with Gasteiger partial charge in [0.2, 0.25) is 0 Å². The summed E-state index contributed by atoms with van der Waals surface area (Å²) in [5, 5.41) is 1.72. The number of aromatic nitrogens is 1. The number of aryl methyl sites for hydroxylation is 1. The second-order valence-electron chi connectivity index (χ2n) is 6.31. The second kappa shape index (κ2) is 8.46. The van der Waals surface area contributed by atoms with Crippen LogP contribution in [0.15, 0.2) is 48.5 Å². The zero-order valence-electron chi connectivity index (χ0n) is 15.4. The van der Waals surface area contributed by atoms with Crippen molar-refractivity contribution in [2.75, 3.05) is 6.61 Å². The van der Waals surface area contributed by atoms with E-state index in [4.69, 9.17) is 26.8 Å². The summed E-state index contributed by atoms with van der Waals surface area (Å²) < 4.78 is 13.1. The van der Waals surface area contributed by atoms with Crippen molar-refractivity contribution in [3.05, 3.63) is 64.8 Å². The fourth-order valence-electron chi connectivity index (χ4n) is 3.17. The van der Waals surface area contributed by atoms with Crippen molar-refractivity contribution in [2.45, 2.75) is 26.0 Å². The number of hydrogen-bond acceptors (Lipinski definition) is 4. The number of fused-ring (bicyclic) bond motifs is 1. The van der Waals surface area contributed by atoms with Crippen LogP contribution in [0.1, 0.15) is 18.2 Å². The molecule has 5 nitrogen and oxygen atoms in total. The highest BCUT2D eigenvalue weighted by molar-refractivity contribution is 6.30. The molecule has 0 fully saturated rings. The molecule has 142 valence electrons. The zero-order chi connectivity index (χ0) is 19.4. The van der Waals surface area contributed by atoms with Crippen molar-refractivity contribution in [1.29, 1.82) is 0 Å². The number of benzene rings is 2. The number of nitrogens with two attached hydrogens (primary N) is 1. The summed E-state index contributed by atoms with van der Waals surface area (Å²) in [5.74, 6) is 0.334. The Morgan fingerprint density at radius 3 is 2.59 bits per heavy atom. The highest BCUT2D eigenvalue weighted by atomic mass is 35.5. The van der Waals surface area contributed by atoms with Crippen LogP contribution in [-0.2, 0) is 29.6 Å². The van der Waals surface area contributed by atoms with Gasteiger partial charge in [0.25, 0.3) is 0 Å². The van der Waals surface area contributed by atoms with E-state index in [2.05, 4.69) is 4.57 Å². The Morgan fingerprint density at radius 2 is 1.89 bits per heavy atom. The molecule has 1 heterocycles. The van der Waals surface area contributed by atoms with E-state index in [-0.39, 0.29) is 0 Å². The third-order valence-electron chi connectivity index (χ3n) is 4.55. The molecule has 0 saturated carbocycles. The lowest BCUT2D eigenvalue weighted by Gasteiger charge is -2.13. The van der Waals surface area contributed by atoms with Gasteiger partial charge in [-0.15, -0.1) is 0 Å². The van der Waals surface area contributed by atoms with E-state index in [1.807, 2.05) is 43.4 Å². The van der Waals surface area contributed by atoms with Gasteiger partial charge in [0.1, 0.15) is 18.4 Å². The molecule has 3 aromatic rings. The van der Waals surface area contributed by atoms with Crippen LogP contribution in [-0.4, -0.2) is 23.2 Å². The molecular weight excluding hydrogens is 364 g/mol. The predicted octanol–water partition coefficient (Wildman–Crippen LogP) is 3.84. The molecule has 0 radical (unpaired) electrons. The molecule has 0 saturated heterocycles. The van der Waals surface area contributed by atoms with Crippen LogP contribution >= 0.6 is 11.6 Å². The van der Waals surface area contributed by atoms with Gasteiger partial charge in [-0.1, -0.05) is 29.8 Å². The van der Waals surface area contributed by atoms with Gasteiger partial charge >= 0.3 is 5.97 Å². The van der Waals surface area contributed by atoms with Crippen LogP contribution < -0.4 is 10.5 Å². The highest BCUT2D eigenvalue weighted by Crippen LogP contribution is 2.28. The molecular formula is C21H23ClN2O3. The van der Waals surface area contributed by atoms with Crippen LogP contribution in [0.5, 0.6) is 5.75 Å². The summed E-state index contributed by atoms with van der Waals surface area (Å²) in [7, 11) is 1.99. The maximum Gasteiger partial charge on any atom is 0.323 e. The largest absolute Gasteiger partial charge is 0.487 e. The third kappa shape index (κ3) is 4.26. The molecule has 2 aromatic carbocycles. The Hall–Kier alpha value is -2.50. The number of carbonyl (C=O) groups excluding carboxylic acids is 1. The topological polar surface area (TPSA) is 66.5 Å². The highest BCUT2D eigenvalue weighted by Gasteiger charge is 2.22. The molecule has 1 aromatic heterocycles. The minimum Gasteiger partial charge on any atom is -0.487 e. The fourth-order valence-corrected chi connectivity index (χ4v) is 3.30. The van der Waals surface area contributed by atoms with Gasteiger partial charge in [0.15, 0.2) is 0 Å². The molecule has 0 aliphatic carbocycles. The average molecular weight is 387 g/mol. The zero-order valence-corrected chi connectivity index (χ0v) is 16.2. The third-order valence-corrected chi connectivity index (χ3v) is 4.80. The normalized spacial score (nSPS) is 12.1. The first-order valence-corrected chi connectivity index (χ1v) is 9.24. The van der Waals surface area contributed by atoms with Crippen LogP contribution in [0, 0.1) is 0 Å². The van der Waals surface area contributed by atoms with E-state index in [9.17, 15) is 4.79 Å². The smallest absolute Gasteiger partial charge is 0.323 e. The summed E-state index contributed by atoms with van der Waals surface area (Å²) in [6, 6.07) is 14.6. The molecule has 0 bridgehead atoms. The van der Waals surface area contributed by atoms with Crippen LogP contribution in [0.4, 0.5) is 0 Å². The summed E-state index contributed by atoms with van der Waals surface area (Å²) in [4.78, 5) is 12.0. The number of rotatable bonds is 7. The average Bonchev–Trinajstić information content (AvgIpc) is 2.93. The first kappa shape index (κ1) is 19.3. The number of esters is 1. The summed E-state index contributed by atoms with van der Waals surface area (Å²) >= 11 is 5.93. The van der Waals surface area contributed by atoms with E-state index in [0.29, 0.717) is 24.7 Å². The van der Waals surface area contributed by atoms with Gasteiger partial charge in [-0.25, -0.2) is 0 Å². The van der Waals surface area contributed by atoms with Crippen molar-refractivity contribution in [3.8, 4) is 5.75 Å². The van der Waals surface area contributed by atoms with Gasteiger partial charge in [0, 0.05) is 29.4 Å². The van der Waals surface area contributed by atoms with Gasteiger partial charge < -0.3 is 19.8 Å². The molecule has 0 aliphatic heterocycles. The van der Waals surface area contributed by atoms with E-state index in [1.165, 1.54) is 0 Å². The first-order valence-electron chi connectivity index (χ1n) is 8.87. The lowest BCUT2D eigenvalue weighted by atomic mass is 10.0. The van der Waals surface area contributed by atoms with Gasteiger partial charge in [-0.05, 0) is 42.8 Å². The Morgan fingerprint density at radius 1 is 1.19 bits per heavy atom. The van der Waals surface area contributed by atoms with Crippen molar-refractivity contribution in [3.63, 3.8) is 0 Å². The van der Waals surface area contributed by atoms with E-state index < -0.39 is 12.0 Å². The van der Waals surface area contributed by atoms with Crippen LogP contribution in [0.2, 0.25) is 5.02 Å². The maximum absolute atomic E-state index is 12.0. The number of halogens is 1. The fraction of sp³-hybridized carbons (Fsp3) is 0.286. The first-order chi connectivity index (χ1) is 13.0. The molecule has 0 amide bonds. The SMILES string of the molecule is CCOC(=O)C(N)Cc1c(COc2ccc(Cl)cc2)n(C)c2ccccc12. The number of hydrogen-bond donors (Lipinski definition) is 1. The lowest BCUT2D eigenvalue weighted by Crippen LogP contribution is -2.34. The number of carbonyl (C=O) groups is 1. The van der Waals surface area contributed by atoms with E-state index in [1.54, 1.807) is 19.1 Å². The maximum atomic E-state index is 12.0. The molecule has 1 atom stereocenters. The van der Waals surface area contributed by atoms with Crippen molar-refractivity contribution in [2.24, 2.45) is 12.8 Å². The lowest BCUT2D eigenvalue weighted by molar-refractivity contribution is -0.144. The number of ether oxygens (including phenoxy) is 2. The molecule has 6 heteroatoms. The van der Waals surface area contributed by atoms with Gasteiger partial charge in [-0.2, -0.15) is 0 Å². The van der Waals surface area contributed by atoms with Crippen LogP contribution in [0.3, 0.4) is 0 Å². The molecule has 27 heavy (non-hydrogen) atoms. The van der Waals surface area contributed by atoms with Crippen molar-refractivity contribution < 1.29 is 14.3 Å². The predicted molar refractivity (Wildman–Crippen MR) is 107 cm³/mol. The Bertz CT molecular complexity index is 934. The molecule has 0 spiro atoms. The van der Waals surface area contributed by atoms with Gasteiger partial charge in [0.05, 0.1) is 12.3 Å². The molecule has 2 N–H and O–H groups in total. The summed E-state index contributed by atoms with van der Waals surface area (Å²) in [6.07, 6.45) is 0.388. The quantitative estimate of drug-likeness (QED) is 0.626. The Kier molecular flexibility index (Phi) is 6.04. The minimum atomic E-state index is -0.718. The monoisotopic (exact) mass is 386 g/mol.